The number of hydrogen-bond donors (Lipinski definition) is 1. The molecule has 0 aliphatic carbocycles. The van der Waals surface area contributed by atoms with Crippen molar-refractivity contribution < 1.29 is 24.1 Å². The van der Waals surface area contributed by atoms with Crippen LogP contribution in [0.5, 0.6) is 17.2 Å². The Bertz CT molecular complexity index is 681. The molecule has 0 radical (unpaired) electrons. The number of aliphatic hydroxyl groups excluding tert-OH is 1. The van der Waals surface area contributed by atoms with E-state index in [0.717, 1.165) is 11.8 Å². The fraction of sp³-hybridized carbons (Fsp3) is 0.278. The van der Waals surface area contributed by atoms with Gasteiger partial charge in [-0.3, -0.25) is 4.79 Å². The number of methoxy groups -OCH3 is 3. The minimum atomic E-state index is -0.759. The van der Waals surface area contributed by atoms with E-state index in [1.54, 1.807) is 57.7 Å². The van der Waals surface area contributed by atoms with E-state index in [4.69, 9.17) is 14.2 Å². The summed E-state index contributed by atoms with van der Waals surface area (Å²) in [7, 11) is 4.66. The summed E-state index contributed by atoms with van der Waals surface area (Å²) in [6.07, 6.45) is 0.331. The summed E-state index contributed by atoms with van der Waals surface area (Å²) in [6.45, 7) is 0. The number of ether oxygens (including phenoxy) is 3. The van der Waals surface area contributed by atoms with Gasteiger partial charge in [-0.2, -0.15) is 0 Å². The van der Waals surface area contributed by atoms with Crippen molar-refractivity contribution in [2.24, 2.45) is 0 Å². The molecule has 23 heavy (non-hydrogen) atoms. The fourth-order valence-electron chi connectivity index (χ4n) is 2.42. The van der Waals surface area contributed by atoms with Gasteiger partial charge in [0.25, 0.3) is 0 Å². The molecular formula is C18H20O5. The second-order valence-corrected chi connectivity index (χ2v) is 5.02. The second-order valence-electron chi connectivity index (χ2n) is 5.02. The van der Waals surface area contributed by atoms with Crippen molar-refractivity contribution in [1.82, 2.24) is 0 Å². The zero-order valence-electron chi connectivity index (χ0n) is 13.4. The van der Waals surface area contributed by atoms with Gasteiger partial charge in [0, 0.05) is 12.0 Å². The highest BCUT2D eigenvalue weighted by Gasteiger charge is 2.15. The van der Waals surface area contributed by atoms with Gasteiger partial charge in [0.15, 0.2) is 11.5 Å². The lowest BCUT2D eigenvalue weighted by molar-refractivity contribution is 0.112. The first-order valence-electron chi connectivity index (χ1n) is 7.15. The van der Waals surface area contributed by atoms with E-state index < -0.39 is 6.10 Å². The lowest BCUT2D eigenvalue weighted by Crippen LogP contribution is -2.05. The minimum Gasteiger partial charge on any atom is -0.496 e. The Balaban J connectivity index is 2.28. The first-order chi connectivity index (χ1) is 11.1. The van der Waals surface area contributed by atoms with E-state index in [9.17, 15) is 9.90 Å². The molecule has 0 fully saturated rings. The van der Waals surface area contributed by atoms with E-state index >= 15 is 0 Å². The van der Waals surface area contributed by atoms with Gasteiger partial charge in [0.05, 0.1) is 27.4 Å². The highest BCUT2D eigenvalue weighted by atomic mass is 16.5. The van der Waals surface area contributed by atoms with Gasteiger partial charge >= 0.3 is 0 Å². The number of carbonyl (C=O) groups excluding carboxylic acids is 1. The third-order valence-corrected chi connectivity index (χ3v) is 3.65. The minimum absolute atomic E-state index is 0.320. The molecule has 2 aromatic carbocycles. The average molecular weight is 316 g/mol. The van der Waals surface area contributed by atoms with Crippen molar-refractivity contribution in [3.63, 3.8) is 0 Å². The molecule has 0 saturated heterocycles. The Morgan fingerprint density at radius 3 is 2.22 bits per heavy atom. The molecule has 1 unspecified atom stereocenters. The first kappa shape index (κ1) is 16.8. The third-order valence-electron chi connectivity index (χ3n) is 3.65. The second kappa shape index (κ2) is 7.65. The van der Waals surface area contributed by atoms with Gasteiger partial charge < -0.3 is 19.3 Å². The monoisotopic (exact) mass is 316 g/mol. The molecular weight excluding hydrogens is 296 g/mol. The molecule has 1 N–H and O–H groups in total. The largest absolute Gasteiger partial charge is 0.496 e. The lowest BCUT2D eigenvalue weighted by atomic mass is 9.99. The van der Waals surface area contributed by atoms with Gasteiger partial charge in [-0.1, -0.05) is 6.07 Å². The molecule has 5 heteroatoms. The summed E-state index contributed by atoms with van der Waals surface area (Å²) in [4.78, 5) is 10.9. The maximum atomic E-state index is 10.9. The van der Waals surface area contributed by atoms with Crippen molar-refractivity contribution in [2.45, 2.75) is 12.5 Å². The van der Waals surface area contributed by atoms with Crippen molar-refractivity contribution in [2.75, 3.05) is 21.3 Å². The summed E-state index contributed by atoms with van der Waals surface area (Å²) < 4.78 is 15.7. The van der Waals surface area contributed by atoms with Crippen LogP contribution in [-0.4, -0.2) is 32.7 Å². The number of carbonyl (C=O) groups is 1. The number of aldehydes is 1. The lowest BCUT2D eigenvalue weighted by Gasteiger charge is -2.16. The van der Waals surface area contributed by atoms with Gasteiger partial charge in [0.2, 0.25) is 0 Å². The highest BCUT2D eigenvalue weighted by molar-refractivity contribution is 5.75. The number of benzene rings is 2. The number of hydrogen-bond acceptors (Lipinski definition) is 5. The molecule has 1 atom stereocenters. The molecule has 2 aromatic rings. The fourth-order valence-corrected chi connectivity index (χ4v) is 2.42. The molecule has 0 spiro atoms. The molecule has 2 rings (SSSR count). The highest BCUT2D eigenvalue weighted by Crippen LogP contribution is 2.32. The molecule has 0 aliphatic rings. The van der Waals surface area contributed by atoms with Crippen LogP contribution in [-0.2, 0) is 6.42 Å². The van der Waals surface area contributed by atoms with Crippen LogP contribution in [0.25, 0.3) is 0 Å². The normalized spacial score (nSPS) is 11.7. The molecule has 0 aromatic heterocycles. The van der Waals surface area contributed by atoms with Crippen molar-refractivity contribution in [3.8, 4) is 17.2 Å². The van der Waals surface area contributed by atoms with Crippen LogP contribution in [0.1, 0.15) is 27.6 Å². The van der Waals surface area contributed by atoms with Crippen LogP contribution in [0, 0.1) is 0 Å². The van der Waals surface area contributed by atoms with Crippen LogP contribution in [0.15, 0.2) is 36.4 Å². The Labute approximate surface area is 135 Å². The smallest absolute Gasteiger partial charge is 0.161 e. The molecule has 122 valence electrons. The van der Waals surface area contributed by atoms with E-state index in [0.29, 0.717) is 34.8 Å². The summed E-state index contributed by atoms with van der Waals surface area (Å²) in [5.74, 6) is 1.79. The predicted octanol–water partition coefficient (Wildman–Crippen LogP) is 2.80. The quantitative estimate of drug-likeness (QED) is 0.796. The topological polar surface area (TPSA) is 65.0 Å². The molecule has 0 amide bonds. The summed E-state index contributed by atoms with van der Waals surface area (Å²) in [5.41, 5.74) is 2.00. The van der Waals surface area contributed by atoms with Crippen molar-refractivity contribution in [1.29, 1.82) is 0 Å². The maximum Gasteiger partial charge on any atom is 0.161 e. The van der Waals surface area contributed by atoms with Gasteiger partial charge in [0.1, 0.15) is 12.0 Å². The van der Waals surface area contributed by atoms with Crippen LogP contribution in [0.4, 0.5) is 0 Å². The Hall–Kier alpha value is -2.53. The van der Waals surface area contributed by atoms with Crippen LogP contribution < -0.4 is 14.2 Å². The van der Waals surface area contributed by atoms with Crippen molar-refractivity contribution >= 4 is 6.29 Å². The van der Waals surface area contributed by atoms with Crippen LogP contribution in [0.3, 0.4) is 0 Å². The number of aliphatic hydroxyl groups is 1. The van der Waals surface area contributed by atoms with E-state index in [-0.39, 0.29) is 0 Å². The van der Waals surface area contributed by atoms with Crippen LogP contribution >= 0.6 is 0 Å². The van der Waals surface area contributed by atoms with E-state index in [2.05, 4.69) is 0 Å². The Morgan fingerprint density at radius 1 is 0.957 bits per heavy atom. The average Bonchev–Trinajstić information content (AvgIpc) is 2.60. The van der Waals surface area contributed by atoms with Gasteiger partial charge in [-0.25, -0.2) is 0 Å². The Kier molecular flexibility index (Phi) is 5.60. The van der Waals surface area contributed by atoms with Gasteiger partial charge in [-0.05, 0) is 41.5 Å². The first-order valence-corrected chi connectivity index (χ1v) is 7.15. The molecule has 0 bridgehead atoms. The molecule has 5 nitrogen and oxygen atoms in total. The predicted molar refractivity (Wildman–Crippen MR) is 86.6 cm³/mol. The maximum absolute atomic E-state index is 10.9. The third kappa shape index (κ3) is 3.81. The van der Waals surface area contributed by atoms with Gasteiger partial charge in [-0.15, -0.1) is 0 Å². The Morgan fingerprint density at radius 2 is 1.61 bits per heavy atom. The van der Waals surface area contributed by atoms with Crippen LogP contribution in [0.2, 0.25) is 0 Å². The summed E-state index contributed by atoms with van der Waals surface area (Å²) >= 11 is 0. The zero-order chi connectivity index (χ0) is 16.8. The summed E-state index contributed by atoms with van der Waals surface area (Å²) in [6, 6.07) is 10.4. The SMILES string of the molecule is COc1ccc(C=O)cc1CC(O)c1ccc(OC)c(OC)c1. The standard InChI is InChI=1S/C18H20O5/c1-21-16-6-4-12(11-19)8-14(16)9-15(20)13-5-7-17(22-2)18(10-13)23-3/h4-8,10-11,15,20H,9H2,1-3H3. The zero-order valence-corrected chi connectivity index (χ0v) is 13.4. The number of rotatable bonds is 7. The van der Waals surface area contributed by atoms with E-state index in [1.165, 1.54) is 0 Å². The van der Waals surface area contributed by atoms with Crippen molar-refractivity contribution in [3.05, 3.63) is 53.1 Å². The molecule has 0 saturated carbocycles. The van der Waals surface area contributed by atoms with E-state index in [1.807, 2.05) is 0 Å². The molecule has 0 aliphatic heterocycles. The summed E-state index contributed by atoms with van der Waals surface area (Å²) in [5, 5.41) is 10.5. The molecule has 0 heterocycles.